The molecule has 0 radical (unpaired) electrons. The molecule has 0 saturated heterocycles. The first-order valence-electron chi connectivity index (χ1n) is 4.59. The maximum Gasteiger partial charge on any atom is 0.307 e. The molecule has 84 valence electrons. The number of carboxylic acid groups (broad SMARTS) is 1. The quantitative estimate of drug-likeness (QED) is 0.887. The molecule has 0 saturated carbocycles. The number of halogens is 1. The Kier molecular flexibility index (Phi) is 2.98. The van der Waals surface area contributed by atoms with Crippen LogP contribution in [-0.4, -0.2) is 21.3 Å². The Labute approximate surface area is 101 Å². The van der Waals surface area contributed by atoms with Gasteiger partial charge in [-0.1, -0.05) is 11.6 Å². The summed E-state index contributed by atoms with van der Waals surface area (Å²) in [7, 11) is 0. The number of aliphatic carboxylic acids is 1. The number of hydrogen-bond donors (Lipinski definition) is 2. The third-order valence-corrected chi connectivity index (χ3v) is 3.45. The van der Waals surface area contributed by atoms with E-state index in [1.54, 1.807) is 6.07 Å². The number of thiophene rings is 1. The first kappa shape index (κ1) is 11.2. The van der Waals surface area contributed by atoms with Crippen molar-refractivity contribution in [2.75, 3.05) is 0 Å². The van der Waals surface area contributed by atoms with Crippen molar-refractivity contribution < 1.29 is 9.90 Å². The maximum atomic E-state index is 10.7. The van der Waals surface area contributed by atoms with Crippen LogP contribution in [0.25, 0.3) is 10.6 Å². The van der Waals surface area contributed by atoms with Gasteiger partial charge in [0.1, 0.15) is 5.69 Å². The highest BCUT2D eigenvalue weighted by molar-refractivity contribution is 7.19. The van der Waals surface area contributed by atoms with Crippen molar-refractivity contribution in [2.24, 2.45) is 0 Å². The number of carboxylic acids is 1. The van der Waals surface area contributed by atoms with E-state index < -0.39 is 5.97 Å². The summed E-state index contributed by atoms with van der Waals surface area (Å²) >= 11 is 7.22. The largest absolute Gasteiger partial charge is 0.481 e. The van der Waals surface area contributed by atoms with Crippen LogP contribution in [0.4, 0.5) is 0 Å². The molecule has 16 heavy (non-hydrogen) atoms. The molecule has 0 fully saturated rings. The lowest BCUT2D eigenvalue weighted by Gasteiger charge is -1.97. The minimum absolute atomic E-state index is 0.0345. The standard InChI is InChI=1S/C10H9ClN2O2S/c1-5-6(4-9(14)15)10(13-12-5)7-2-3-8(11)16-7/h2-3H,4H2,1H3,(H,12,13)(H,14,15). The zero-order chi connectivity index (χ0) is 11.7. The van der Waals surface area contributed by atoms with Gasteiger partial charge in [-0.15, -0.1) is 11.3 Å². The predicted octanol–water partition coefficient (Wildman–Crippen LogP) is 2.73. The highest BCUT2D eigenvalue weighted by Gasteiger charge is 2.16. The van der Waals surface area contributed by atoms with Gasteiger partial charge in [0, 0.05) is 11.3 Å². The molecule has 0 spiro atoms. The summed E-state index contributed by atoms with van der Waals surface area (Å²) in [6, 6.07) is 3.62. The average molecular weight is 257 g/mol. The molecular formula is C10H9ClN2O2S. The van der Waals surface area contributed by atoms with Gasteiger partial charge in [-0.3, -0.25) is 9.89 Å². The lowest BCUT2D eigenvalue weighted by atomic mass is 10.1. The number of aromatic nitrogens is 2. The Bertz CT molecular complexity index is 533. The fourth-order valence-corrected chi connectivity index (χ4v) is 2.53. The Morgan fingerprint density at radius 3 is 2.94 bits per heavy atom. The van der Waals surface area contributed by atoms with Crippen molar-refractivity contribution in [1.29, 1.82) is 0 Å². The van der Waals surface area contributed by atoms with Gasteiger partial charge in [0.05, 0.1) is 15.6 Å². The van der Waals surface area contributed by atoms with Crippen molar-refractivity contribution in [3.63, 3.8) is 0 Å². The van der Waals surface area contributed by atoms with Gasteiger partial charge in [0.2, 0.25) is 0 Å². The van der Waals surface area contributed by atoms with Crippen molar-refractivity contribution in [2.45, 2.75) is 13.3 Å². The zero-order valence-corrected chi connectivity index (χ0v) is 10.0. The molecule has 6 heteroatoms. The van der Waals surface area contributed by atoms with E-state index in [2.05, 4.69) is 10.2 Å². The van der Waals surface area contributed by atoms with E-state index >= 15 is 0 Å². The lowest BCUT2D eigenvalue weighted by molar-refractivity contribution is -0.136. The van der Waals surface area contributed by atoms with Crippen molar-refractivity contribution in [3.8, 4) is 10.6 Å². The number of hydrogen-bond acceptors (Lipinski definition) is 3. The molecule has 4 nitrogen and oxygen atoms in total. The van der Waals surface area contributed by atoms with E-state index in [0.29, 0.717) is 15.6 Å². The second-order valence-electron chi connectivity index (χ2n) is 3.35. The van der Waals surface area contributed by atoms with Crippen molar-refractivity contribution >= 4 is 28.9 Å². The van der Waals surface area contributed by atoms with Crippen LogP contribution in [0.2, 0.25) is 4.34 Å². The fourth-order valence-electron chi connectivity index (χ4n) is 1.47. The topological polar surface area (TPSA) is 66.0 Å². The SMILES string of the molecule is Cc1[nH]nc(-c2ccc(Cl)s2)c1CC(=O)O. The second kappa shape index (κ2) is 4.27. The molecule has 2 N–H and O–H groups in total. The normalized spacial score (nSPS) is 10.6. The van der Waals surface area contributed by atoms with Gasteiger partial charge < -0.3 is 5.11 Å². The van der Waals surface area contributed by atoms with E-state index in [0.717, 1.165) is 10.6 Å². The molecular weight excluding hydrogens is 248 g/mol. The molecule has 0 aliphatic rings. The molecule has 0 aliphatic heterocycles. The van der Waals surface area contributed by atoms with Crippen molar-refractivity contribution in [3.05, 3.63) is 27.7 Å². The lowest BCUT2D eigenvalue weighted by Crippen LogP contribution is -2.01. The Morgan fingerprint density at radius 1 is 1.62 bits per heavy atom. The van der Waals surface area contributed by atoms with E-state index in [4.69, 9.17) is 16.7 Å². The minimum Gasteiger partial charge on any atom is -0.481 e. The minimum atomic E-state index is -0.867. The van der Waals surface area contributed by atoms with Crippen LogP contribution in [0.3, 0.4) is 0 Å². The average Bonchev–Trinajstić information content (AvgIpc) is 2.75. The van der Waals surface area contributed by atoms with Gasteiger partial charge in [-0.25, -0.2) is 0 Å². The van der Waals surface area contributed by atoms with Gasteiger partial charge in [0.25, 0.3) is 0 Å². The summed E-state index contributed by atoms with van der Waals surface area (Å²) in [5.74, 6) is -0.867. The van der Waals surface area contributed by atoms with Crippen LogP contribution in [0, 0.1) is 6.92 Å². The number of rotatable bonds is 3. The number of H-pyrrole nitrogens is 1. The van der Waals surface area contributed by atoms with Crippen LogP contribution in [0.5, 0.6) is 0 Å². The molecule has 2 rings (SSSR count). The van der Waals surface area contributed by atoms with E-state index in [1.165, 1.54) is 11.3 Å². The second-order valence-corrected chi connectivity index (χ2v) is 5.07. The summed E-state index contributed by atoms with van der Waals surface area (Å²) in [6.45, 7) is 1.81. The van der Waals surface area contributed by atoms with Crippen LogP contribution in [0.15, 0.2) is 12.1 Å². The summed E-state index contributed by atoms with van der Waals surface area (Å²) < 4.78 is 0.664. The number of carbonyl (C=O) groups is 1. The van der Waals surface area contributed by atoms with Gasteiger partial charge in [-0.05, 0) is 19.1 Å². The summed E-state index contributed by atoms with van der Waals surface area (Å²) in [5.41, 5.74) is 2.17. The van der Waals surface area contributed by atoms with Crippen LogP contribution >= 0.6 is 22.9 Å². The molecule has 0 aliphatic carbocycles. The van der Waals surface area contributed by atoms with Crippen LogP contribution < -0.4 is 0 Å². The Hall–Kier alpha value is -1.33. The van der Waals surface area contributed by atoms with Crippen LogP contribution in [-0.2, 0) is 11.2 Å². The summed E-state index contributed by atoms with van der Waals surface area (Å²) in [4.78, 5) is 11.6. The maximum absolute atomic E-state index is 10.7. The van der Waals surface area contributed by atoms with Gasteiger partial charge in [0.15, 0.2) is 0 Å². The molecule has 0 atom stereocenters. The summed E-state index contributed by atoms with van der Waals surface area (Å²) in [5, 5.41) is 15.7. The third kappa shape index (κ3) is 2.10. The molecule has 0 bridgehead atoms. The fraction of sp³-hybridized carbons (Fsp3) is 0.200. The Morgan fingerprint density at radius 2 is 2.38 bits per heavy atom. The first-order valence-corrected chi connectivity index (χ1v) is 5.78. The molecule has 0 aromatic carbocycles. The number of nitrogens with zero attached hydrogens (tertiary/aromatic N) is 1. The molecule has 0 amide bonds. The van der Waals surface area contributed by atoms with Crippen LogP contribution in [0.1, 0.15) is 11.3 Å². The molecule has 2 heterocycles. The van der Waals surface area contributed by atoms with Gasteiger partial charge >= 0.3 is 5.97 Å². The molecule has 2 aromatic heterocycles. The third-order valence-electron chi connectivity index (χ3n) is 2.21. The predicted molar refractivity (Wildman–Crippen MR) is 63.0 cm³/mol. The summed E-state index contributed by atoms with van der Waals surface area (Å²) in [6.07, 6.45) is -0.0345. The zero-order valence-electron chi connectivity index (χ0n) is 8.45. The van der Waals surface area contributed by atoms with E-state index in [-0.39, 0.29) is 6.42 Å². The number of nitrogens with one attached hydrogen (secondary N) is 1. The first-order chi connectivity index (χ1) is 7.58. The smallest absolute Gasteiger partial charge is 0.307 e. The Balaban J connectivity index is 2.45. The van der Waals surface area contributed by atoms with Gasteiger partial charge in [-0.2, -0.15) is 5.10 Å². The number of aromatic amines is 1. The van der Waals surface area contributed by atoms with E-state index in [9.17, 15) is 4.79 Å². The van der Waals surface area contributed by atoms with E-state index in [1.807, 2.05) is 13.0 Å². The monoisotopic (exact) mass is 256 g/mol. The highest BCUT2D eigenvalue weighted by Crippen LogP contribution is 2.32. The highest BCUT2D eigenvalue weighted by atomic mass is 35.5. The molecule has 2 aromatic rings. The molecule has 0 unspecified atom stereocenters. The number of aryl methyl sites for hydroxylation is 1. The van der Waals surface area contributed by atoms with Crippen molar-refractivity contribution in [1.82, 2.24) is 10.2 Å².